The number of ether oxygens (including phenoxy) is 1. The Morgan fingerprint density at radius 1 is 1.17 bits per heavy atom. The quantitative estimate of drug-likeness (QED) is 0.821. The van der Waals surface area contributed by atoms with Crippen LogP contribution in [-0.4, -0.2) is 52.7 Å². The normalized spacial score (nSPS) is 18.9. The van der Waals surface area contributed by atoms with Crippen LogP contribution in [0.4, 0.5) is 4.79 Å². The van der Waals surface area contributed by atoms with Gasteiger partial charge in [0.1, 0.15) is 5.60 Å². The molecule has 2 atom stereocenters. The molecule has 2 N–H and O–H groups in total. The molecule has 2 amide bonds. The first-order valence-corrected chi connectivity index (χ1v) is 8.02. The molecule has 1 fully saturated rings. The van der Waals surface area contributed by atoms with Crippen LogP contribution >= 0.6 is 0 Å². The predicted octanol–water partition coefficient (Wildman–Crippen LogP) is 1.86. The smallest absolute Gasteiger partial charge is 0.410 e. The average Bonchev–Trinajstić information content (AvgIpc) is 2.44. The first kappa shape index (κ1) is 19.3. The number of hydrogen-bond donors (Lipinski definition) is 2. The minimum absolute atomic E-state index is 0.144. The van der Waals surface area contributed by atoms with Crippen molar-refractivity contribution < 1.29 is 24.2 Å². The van der Waals surface area contributed by atoms with Crippen LogP contribution in [0.5, 0.6) is 0 Å². The Kier molecular flexibility index (Phi) is 6.41. The minimum Gasteiger partial charge on any atom is -0.481 e. The second-order valence-electron chi connectivity index (χ2n) is 7.17. The number of nitrogens with zero attached hydrogens (tertiary/aromatic N) is 1. The Hall–Kier alpha value is -1.79. The van der Waals surface area contributed by atoms with Crippen LogP contribution in [0.15, 0.2) is 0 Å². The van der Waals surface area contributed by atoms with E-state index < -0.39 is 23.5 Å². The lowest BCUT2D eigenvalue weighted by Gasteiger charge is -2.33. The zero-order valence-electron chi connectivity index (χ0n) is 14.6. The molecule has 0 saturated carbocycles. The van der Waals surface area contributed by atoms with Crippen LogP contribution in [0.25, 0.3) is 0 Å². The highest BCUT2D eigenvalue weighted by Gasteiger charge is 2.31. The maximum absolute atomic E-state index is 12.2. The largest absolute Gasteiger partial charge is 0.481 e. The van der Waals surface area contributed by atoms with Crippen molar-refractivity contribution in [1.82, 2.24) is 10.2 Å². The van der Waals surface area contributed by atoms with E-state index in [9.17, 15) is 14.4 Å². The zero-order valence-corrected chi connectivity index (χ0v) is 14.6. The lowest BCUT2D eigenvalue weighted by atomic mass is 9.95. The van der Waals surface area contributed by atoms with Crippen LogP contribution in [0.3, 0.4) is 0 Å². The van der Waals surface area contributed by atoms with Gasteiger partial charge in [-0.3, -0.25) is 9.59 Å². The molecule has 2 unspecified atom stereocenters. The maximum atomic E-state index is 12.2. The summed E-state index contributed by atoms with van der Waals surface area (Å²) in [6, 6.07) is -0.427. The second-order valence-corrected chi connectivity index (χ2v) is 7.17. The van der Waals surface area contributed by atoms with Crippen LogP contribution in [0.1, 0.15) is 47.5 Å². The number of carboxylic acid groups (broad SMARTS) is 1. The summed E-state index contributed by atoms with van der Waals surface area (Å²) in [7, 11) is 0. The molecule has 0 radical (unpaired) electrons. The predicted molar refractivity (Wildman–Crippen MR) is 84.9 cm³/mol. The lowest BCUT2D eigenvalue weighted by molar-refractivity contribution is -0.142. The molecule has 1 saturated heterocycles. The van der Waals surface area contributed by atoms with Crippen molar-refractivity contribution in [2.24, 2.45) is 11.8 Å². The Balaban J connectivity index is 2.45. The van der Waals surface area contributed by atoms with Crippen LogP contribution in [0.2, 0.25) is 0 Å². The highest BCUT2D eigenvalue weighted by atomic mass is 16.6. The maximum Gasteiger partial charge on any atom is 0.410 e. The van der Waals surface area contributed by atoms with Gasteiger partial charge in [0, 0.05) is 25.0 Å². The number of carbonyl (C=O) groups excluding carboxylic acids is 2. The van der Waals surface area contributed by atoms with Gasteiger partial charge < -0.3 is 20.1 Å². The van der Waals surface area contributed by atoms with Gasteiger partial charge in [-0.05, 0) is 47.5 Å². The molecule has 132 valence electrons. The molecule has 0 spiro atoms. The molecule has 0 aromatic heterocycles. The van der Waals surface area contributed by atoms with E-state index in [1.165, 1.54) is 0 Å². The van der Waals surface area contributed by atoms with Gasteiger partial charge in [-0.15, -0.1) is 0 Å². The fourth-order valence-corrected chi connectivity index (χ4v) is 2.33. The van der Waals surface area contributed by atoms with Crippen molar-refractivity contribution in [3.8, 4) is 0 Å². The van der Waals surface area contributed by atoms with E-state index in [1.807, 2.05) is 20.8 Å². The molecule has 1 heterocycles. The number of piperidine rings is 1. The van der Waals surface area contributed by atoms with Crippen LogP contribution < -0.4 is 5.32 Å². The summed E-state index contributed by atoms with van der Waals surface area (Å²) in [5.41, 5.74) is -0.534. The summed E-state index contributed by atoms with van der Waals surface area (Å²) >= 11 is 0. The summed E-state index contributed by atoms with van der Waals surface area (Å²) in [5.74, 6) is -1.91. The molecule has 0 aromatic rings. The number of nitrogens with one attached hydrogen (secondary N) is 1. The van der Waals surface area contributed by atoms with Gasteiger partial charge in [0.2, 0.25) is 5.91 Å². The van der Waals surface area contributed by atoms with Crippen molar-refractivity contribution >= 4 is 18.0 Å². The Bertz CT molecular complexity index is 450. The van der Waals surface area contributed by atoms with Gasteiger partial charge in [-0.2, -0.15) is 0 Å². The van der Waals surface area contributed by atoms with Gasteiger partial charge in [-0.1, -0.05) is 0 Å². The number of rotatable bonds is 4. The van der Waals surface area contributed by atoms with Gasteiger partial charge in [-0.25, -0.2) is 4.79 Å². The summed E-state index contributed by atoms with van der Waals surface area (Å²) in [6.45, 7) is 9.64. The number of likely N-dealkylation sites (tertiary alicyclic amines) is 1. The molecule has 1 aliphatic rings. The van der Waals surface area contributed by atoms with Crippen molar-refractivity contribution in [1.29, 1.82) is 0 Å². The second kappa shape index (κ2) is 7.66. The topological polar surface area (TPSA) is 95.9 Å². The van der Waals surface area contributed by atoms with Crippen molar-refractivity contribution in [2.45, 2.75) is 59.1 Å². The standard InChI is InChI=1S/C16H28N2O5/c1-10(14(20)21)11(2)17-13(19)12-6-8-18(9-7-12)15(22)23-16(3,4)5/h10-12H,6-9H2,1-5H3,(H,17,19)(H,20,21). The molecule has 0 aliphatic carbocycles. The van der Waals surface area contributed by atoms with Gasteiger partial charge in [0.05, 0.1) is 5.92 Å². The van der Waals surface area contributed by atoms with E-state index >= 15 is 0 Å². The Labute approximate surface area is 137 Å². The van der Waals surface area contributed by atoms with Crippen molar-refractivity contribution in [3.63, 3.8) is 0 Å². The highest BCUT2D eigenvalue weighted by molar-refractivity contribution is 5.80. The minimum atomic E-state index is -0.933. The molecule has 1 rings (SSSR count). The number of aliphatic carboxylic acids is 1. The van der Waals surface area contributed by atoms with Crippen molar-refractivity contribution in [2.75, 3.05) is 13.1 Å². The third kappa shape index (κ3) is 6.08. The number of hydrogen-bond acceptors (Lipinski definition) is 4. The van der Waals surface area contributed by atoms with Gasteiger partial charge >= 0.3 is 12.1 Å². The molecule has 0 bridgehead atoms. The van der Waals surface area contributed by atoms with Crippen molar-refractivity contribution in [3.05, 3.63) is 0 Å². The molecular weight excluding hydrogens is 300 g/mol. The third-order valence-corrected chi connectivity index (χ3v) is 4.03. The van der Waals surface area contributed by atoms with E-state index in [0.717, 1.165) is 0 Å². The first-order valence-electron chi connectivity index (χ1n) is 8.02. The Morgan fingerprint density at radius 3 is 2.13 bits per heavy atom. The van der Waals surface area contributed by atoms with E-state index in [0.29, 0.717) is 25.9 Å². The van der Waals surface area contributed by atoms with Crippen LogP contribution in [-0.2, 0) is 14.3 Å². The number of amides is 2. The number of carbonyl (C=O) groups is 3. The zero-order chi connectivity index (χ0) is 17.8. The monoisotopic (exact) mass is 328 g/mol. The van der Waals surface area contributed by atoms with E-state index in [2.05, 4.69) is 5.32 Å². The molecular formula is C16H28N2O5. The molecule has 23 heavy (non-hydrogen) atoms. The Morgan fingerprint density at radius 2 is 1.70 bits per heavy atom. The highest BCUT2D eigenvalue weighted by Crippen LogP contribution is 2.20. The van der Waals surface area contributed by atoms with Gasteiger partial charge in [0.25, 0.3) is 0 Å². The number of carboxylic acids is 1. The summed E-state index contributed by atoms with van der Waals surface area (Å²) < 4.78 is 5.32. The first-order chi connectivity index (χ1) is 10.5. The fraction of sp³-hybridized carbons (Fsp3) is 0.812. The van der Waals surface area contributed by atoms with E-state index in [-0.39, 0.29) is 17.9 Å². The summed E-state index contributed by atoms with van der Waals surface area (Å²) in [5, 5.41) is 11.7. The molecule has 0 aromatic carbocycles. The van der Waals surface area contributed by atoms with E-state index in [1.54, 1.807) is 18.7 Å². The van der Waals surface area contributed by atoms with Gasteiger partial charge in [0.15, 0.2) is 0 Å². The fourth-order valence-electron chi connectivity index (χ4n) is 2.33. The summed E-state index contributed by atoms with van der Waals surface area (Å²) in [6.07, 6.45) is 0.752. The SMILES string of the molecule is CC(NC(=O)C1CCN(C(=O)OC(C)(C)C)CC1)C(C)C(=O)O. The molecule has 1 aliphatic heterocycles. The summed E-state index contributed by atoms with van der Waals surface area (Å²) in [4.78, 5) is 36.7. The molecule has 7 heteroatoms. The van der Waals surface area contributed by atoms with Crippen LogP contribution in [0, 0.1) is 11.8 Å². The molecule has 7 nitrogen and oxygen atoms in total. The van der Waals surface area contributed by atoms with E-state index in [4.69, 9.17) is 9.84 Å². The lowest BCUT2D eigenvalue weighted by Crippen LogP contribution is -2.47. The average molecular weight is 328 g/mol. The third-order valence-electron chi connectivity index (χ3n) is 4.03.